The molecule has 0 aliphatic rings. The second-order valence-electron chi connectivity index (χ2n) is 5.67. The minimum absolute atomic E-state index is 0.126. The zero-order chi connectivity index (χ0) is 19.6. The molecule has 27 heavy (non-hydrogen) atoms. The molecule has 3 rings (SSSR count). The number of rotatable bonds is 6. The summed E-state index contributed by atoms with van der Waals surface area (Å²) in [6, 6.07) is 10.1. The zero-order valence-corrected chi connectivity index (χ0v) is 15.9. The first-order valence-corrected chi connectivity index (χ1v) is 9.60. The van der Waals surface area contributed by atoms with Gasteiger partial charge < -0.3 is 0 Å². The molecule has 1 aromatic carbocycles. The van der Waals surface area contributed by atoms with Gasteiger partial charge in [-0.05, 0) is 36.8 Å². The third kappa shape index (κ3) is 3.82. The van der Waals surface area contributed by atoms with E-state index in [9.17, 15) is 13.2 Å². The third-order valence-corrected chi connectivity index (χ3v) is 5.61. The van der Waals surface area contributed by atoms with Crippen LogP contribution < -0.4 is 5.32 Å². The van der Waals surface area contributed by atoms with Crippen molar-refractivity contribution in [1.82, 2.24) is 19.1 Å². The molecule has 0 bridgehead atoms. The van der Waals surface area contributed by atoms with E-state index in [4.69, 9.17) is 4.84 Å². The SMILES string of the molecule is CCN(OC)S(=O)(=O)c1cccc(-c2ccc3nc(NC(C)=O)nn3c2)c1. The number of sulfonamides is 1. The molecule has 0 fully saturated rings. The molecule has 0 radical (unpaired) electrons. The van der Waals surface area contributed by atoms with E-state index in [1.54, 1.807) is 43.5 Å². The Kier molecular flexibility index (Phi) is 5.22. The summed E-state index contributed by atoms with van der Waals surface area (Å²) in [5, 5.41) is 6.72. The van der Waals surface area contributed by atoms with Gasteiger partial charge in [0.05, 0.1) is 12.0 Å². The highest BCUT2D eigenvalue weighted by atomic mass is 32.2. The number of benzene rings is 1. The molecule has 0 aliphatic heterocycles. The molecular formula is C17H19N5O4S. The number of nitrogens with zero attached hydrogens (tertiary/aromatic N) is 4. The number of amides is 1. The molecule has 0 saturated heterocycles. The monoisotopic (exact) mass is 389 g/mol. The van der Waals surface area contributed by atoms with Crippen molar-refractivity contribution >= 4 is 27.5 Å². The zero-order valence-electron chi connectivity index (χ0n) is 15.1. The van der Waals surface area contributed by atoms with Gasteiger partial charge in [-0.15, -0.1) is 5.10 Å². The number of nitrogens with one attached hydrogen (secondary N) is 1. The number of carbonyl (C=O) groups is 1. The van der Waals surface area contributed by atoms with Crippen LogP contribution in [0.25, 0.3) is 16.8 Å². The maximum absolute atomic E-state index is 12.6. The summed E-state index contributed by atoms with van der Waals surface area (Å²) in [6.07, 6.45) is 1.72. The molecule has 2 aromatic heterocycles. The van der Waals surface area contributed by atoms with Gasteiger partial charge in [-0.25, -0.2) is 12.9 Å². The molecule has 0 atom stereocenters. The normalized spacial score (nSPS) is 11.9. The van der Waals surface area contributed by atoms with Crippen LogP contribution in [0.15, 0.2) is 47.5 Å². The second-order valence-corrected chi connectivity index (χ2v) is 7.50. The topological polar surface area (TPSA) is 106 Å². The number of aromatic nitrogens is 3. The van der Waals surface area contributed by atoms with E-state index in [-0.39, 0.29) is 23.3 Å². The number of carbonyl (C=O) groups excluding carboxylic acids is 1. The van der Waals surface area contributed by atoms with Crippen LogP contribution in [0.2, 0.25) is 0 Å². The van der Waals surface area contributed by atoms with Crippen LogP contribution in [0.5, 0.6) is 0 Å². The van der Waals surface area contributed by atoms with Gasteiger partial charge in [0.1, 0.15) is 0 Å². The fourth-order valence-corrected chi connectivity index (χ4v) is 3.91. The van der Waals surface area contributed by atoms with E-state index < -0.39 is 10.0 Å². The van der Waals surface area contributed by atoms with Crippen molar-refractivity contribution in [3.05, 3.63) is 42.6 Å². The highest BCUT2D eigenvalue weighted by Gasteiger charge is 2.23. The molecule has 0 unspecified atom stereocenters. The lowest BCUT2D eigenvalue weighted by Gasteiger charge is -2.17. The average molecular weight is 389 g/mol. The highest BCUT2D eigenvalue weighted by molar-refractivity contribution is 7.89. The highest BCUT2D eigenvalue weighted by Crippen LogP contribution is 2.25. The lowest BCUT2D eigenvalue weighted by molar-refractivity contribution is -0.114. The van der Waals surface area contributed by atoms with Crippen LogP contribution in [0, 0.1) is 0 Å². The average Bonchev–Trinajstić information content (AvgIpc) is 3.03. The summed E-state index contributed by atoms with van der Waals surface area (Å²) in [5.74, 6) is -0.0580. The molecule has 0 spiro atoms. The first kappa shape index (κ1) is 19.0. The van der Waals surface area contributed by atoms with Crippen molar-refractivity contribution in [3.8, 4) is 11.1 Å². The molecule has 3 aromatic rings. The molecule has 2 heterocycles. The molecule has 0 aliphatic carbocycles. The third-order valence-electron chi connectivity index (χ3n) is 3.81. The number of hydroxylamine groups is 1. The van der Waals surface area contributed by atoms with Crippen molar-refractivity contribution in [2.45, 2.75) is 18.7 Å². The minimum atomic E-state index is -3.75. The Morgan fingerprint density at radius 1 is 1.26 bits per heavy atom. The van der Waals surface area contributed by atoms with Crippen LogP contribution >= 0.6 is 0 Å². The number of fused-ring (bicyclic) bond motifs is 1. The van der Waals surface area contributed by atoms with E-state index in [1.807, 2.05) is 0 Å². The fraction of sp³-hybridized carbons (Fsp3) is 0.235. The number of hydrogen-bond donors (Lipinski definition) is 1. The summed E-state index contributed by atoms with van der Waals surface area (Å²) >= 11 is 0. The molecule has 10 heteroatoms. The van der Waals surface area contributed by atoms with Crippen molar-refractivity contribution in [3.63, 3.8) is 0 Å². The van der Waals surface area contributed by atoms with Gasteiger partial charge >= 0.3 is 0 Å². The Morgan fingerprint density at radius 2 is 2.04 bits per heavy atom. The molecule has 1 N–H and O–H groups in total. The summed E-state index contributed by atoms with van der Waals surface area (Å²) in [6.45, 7) is 3.26. The lowest BCUT2D eigenvalue weighted by atomic mass is 10.1. The van der Waals surface area contributed by atoms with Crippen LogP contribution in [-0.2, 0) is 19.7 Å². The maximum atomic E-state index is 12.6. The van der Waals surface area contributed by atoms with Gasteiger partial charge in [0.2, 0.25) is 11.9 Å². The van der Waals surface area contributed by atoms with Crippen LogP contribution in [0.3, 0.4) is 0 Å². The lowest BCUT2D eigenvalue weighted by Crippen LogP contribution is -2.29. The summed E-state index contributed by atoms with van der Waals surface area (Å²) in [7, 11) is -2.44. The van der Waals surface area contributed by atoms with Crippen molar-refractivity contribution in [1.29, 1.82) is 0 Å². The van der Waals surface area contributed by atoms with Crippen LogP contribution in [0.1, 0.15) is 13.8 Å². The predicted molar refractivity (Wildman–Crippen MR) is 99.3 cm³/mol. The Balaban J connectivity index is 2.00. The van der Waals surface area contributed by atoms with E-state index in [0.717, 1.165) is 10.0 Å². The number of anilines is 1. The van der Waals surface area contributed by atoms with Gasteiger partial charge in [-0.3, -0.25) is 14.9 Å². The van der Waals surface area contributed by atoms with Crippen LogP contribution in [0.4, 0.5) is 5.95 Å². The van der Waals surface area contributed by atoms with Gasteiger partial charge in [0, 0.05) is 25.2 Å². The predicted octanol–water partition coefficient (Wildman–Crippen LogP) is 1.93. The van der Waals surface area contributed by atoms with Gasteiger partial charge in [0.25, 0.3) is 10.0 Å². The fourth-order valence-electron chi connectivity index (χ4n) is 2.62. The molecule has 0 saturated carbocycles. The molecule has 9 nitrogen and oxygen atoms in total. The molecule has 142 valence electrons. The Hall–Kier alpha value is -2.82. The van der Waals surface area contributed by atoms with Crippen molar-refractivity contribution in [2.75, 3.05) is 19.0 Å². The maximum Gasteiger partial charge on any atom is 0.265 e. The first-order valence-electron chi connectivity index (χ1n) is 8.16. The van der Waals surface area contributed by atoms with E-state index in [0.29, 0.717) is 11.2 Å². The van der Waals surface area contributed by atoms with Gasteiger partial charge in [-0.1, -0.05) is 16.6 Å². The van der Waals surface area contributed by atoms with E-state index in [1.165, 1.54) is 24.6 Å². The Labute approximate surface area is 156 Å². The van der Waals surface area contributed by atoms with Crippen molar-refractivity contribution < 1.29 is 18.0 Å². The van der Waals surface area contributed by atoms with E-state index in [2.05, 4.69) is 15.4 Å². The Morgan fingerprint density at radius 3 is 2.70 bits per heavy atom. The quantitative estimate of drug-likeness (QED) is 0.646. The number of pyridine rings is 1. The van der Waals surface area contributed by atoms with Crippen molar-refractivity contribution in [2.24, 2.45) is 0 Å². The largest absolute Gasteiger partial charge is 0.293 e. The van der Waals surface area contributed by atoms with E-state index >= 15 is 0 Å². The first-order chi connectivity index (χ1) is 12.8. The minimum Gasteiger partial charge on any atom is -0.293 e. The van der Waals surface area contributed by atoms with Gasteiger partial charge in [0.15, 0.2) is 5.65 Å². The summed E-state index contributed by atoms with van der Waals surface area (Å²) < 4.78 is 27.7. The summed E-state index contributed by atoms with van der Waals surface area (Å²) in [5.41, 5.74) is 2.00. The molecule has 1 amide bonds. The summed E-state index contributed by atoms with van der Waals surface area (Å²) in [4.78, 5) is 20.4. The van der Waals surface area contributed by atoms with Gasteiger partial charge in [-0.2, -0.15) is 4.98 Å². The standard InChI is InChI=1S/C17H19N5O4S/c1-4-22(26-3)27(24,25)15-7-5-6-13(10-15)14-8-9-16-19-17(18-12(2)23)20-21(16)11-14/h5-11H,4H2,1-3H3,(H,18,20,23). The number of hydrogen-bond acceptors (Lipinski definition) is 6. The second kappa shape index (κ2) is 7.43. The smallest absolute Gasteiger partial charge is 0.265 e. The van der Waals surface area contributed by atoms with Crippen LogP contribution in [-0.4, -0.2) is 47.0 Å². The Bertz CT molecular complexity index is 1090. The molecular weight excluding hydrogens is 370 g/mol.